The highest BCUT2D eigenvalue weighted by molar-refractivity contribution is 5.72. The normalized spacial score (nSPS) is 15.3. The molecule has 0 amide bonds. The number of rotatable bonds is 5. The van der Waals surface area contributed by atoms with Gasteiger partial charge in [0.25, 0.3) is 0 Å². The zero-order valence-corrected chi connectivity index (χ0v) is 17.3. The molecule has 5 nitrogen and oxygen atoms in total. The first-order chi connectivity index (χ1) is 14.5. The van der Waals surface area contributed by atoms with E-state index in [9.17, 15) is 9.18 Å². The molecule has 6 heteroatoms. The SMILES string of the molecule is COC(=O)C1CCN(Cc2cn(-c3cccc(C)c3)nc2-c2cccc(F)c2)CC1. The van der Waals surface area contributed by atoms with Crippen LogP contribution in [0.5, 0.6) is 0 Å². The third-order valence-electron chi connectivity index (χ3n) is 5.67. The van der Waals surface area contributed by atoms with Crippen LogP contribution in [0.3, 0.4) is 0 Å². The Balaban J connectivity index is 1.62. The van der Waals surface area contributed by atoms with Gasteiger partial charge in [-0.05, 0) is 62.7 Å². The summed E-state index contributed by atoms with van der Waals surface area (Å²) in [6, 6.07) is 14.7. The first kappa shape index (κ1) is 20.3. The van der Waals surface area contributed by atoms with Crippen molar-refractivity contribution in [2.75, 3.05) is 20.2 Å². The maximum absolute atomic E-state index is 13.9. The van der Waals surface area contributed by atoms with Crippen LogP contribution in [0.2, 0.25) is 0 Å². The van der Waals surface area contributed by atoms with E-state index in [1.165, 1.54) is 19.2 Å². The molecule has 0 saturated carbocycles. The van der Waals surface area contributed by atoms with Gasteiger partial charge in [-0.25, -0.2) is 9.07 Å². The number of esters is 1. The van der Waals surface area contributed by atoms with E-state index in [1.807, 2.05) is 42.1 Å². The van der Waals surface area contributed by atoms with Gasteiger partial charge in [0.05, 0.1) is 24.4 Å². The summed E-state index contributed by atoms with van der Waals surface area (Å²) in [6.07, 6.45) is 3.60. The molecule has 0 atom stereocenters. The first-order valence-electron chi connectivity index (χ1n) is 10.2. The Bertz CT molecular complexity index is 1040. The molecule has 0 spiro atoms. The summed E-state index contributed by atoms with van der Waals surface area (Å²) in [5.41, 5.74) is 4.72. The molecule has 0 radical (unpaired) electrons. The van der Waals surface area contributed by atoms with Crippen LogP contribution >= 0.6 is 0 Å². The van der Waals surface area contributed by atoms with Crippen LogP contribution in [0.25, 0.3) is 16.9 Å². The van der Waals surface area contributed by atoms with Crippen molar-refractivity contribution < 1.29 is 13.9 Å². The van der Waals surface area contributed by atoms with Crippen LogP contribution in [-0.4, -0.2) is 40.8 Å². The van der Waals surface area contributed by atoms with Gasteiger partial charge in [-0.2, -0.15) is 5.10 Å². The number of piperidine rings is 1. The predicted molar refractivity (Wildman–Crippen MR) is 114 cm³/mol. The summed E-state index contributed by atoms with van der Waals surface area (Å²) in [7, 11) is 1.44. The fourth-order valence-corrected chi connectivity index (χ4v) is 4.04. The molecule has 4 rings (SSSR count). The maximum atomic E-state index is 13.9. The van der Waals surface area contributed by atoms with E-state index in [0.717, 1.165) is 54.0 Å². The number of nitrogens with zero attached hydrogens (tertiary/aromatic N) is 3. The number of carbonyl (C=O) groups excluding carboxylic acids is 1. The highest BCUT2D eigenvalue weighted by atomic mass is 19.1. The van der Waals surface area contributed by atoms with Gasteiger partial charge in [0.1, 0.15) is 5.82 Å². The number of aromatic nitrogens is 2. The van der Waals surface area contributed by atoms with E-state index in [-0.39, 0.29) is 17.7 Å². The summed E-state index contributed by atoms with van der Waals surface area (Å²) in [5.74, 6) is -0.422. The minimum absolute atomic E-state index is 0.0241. The van der Waals surface area contributed by atoms with Gasteiger partial charge in [0.15, 0.2) is 0 Å². The van der Waals surface area contributed by atoms with Crippen LogP contribution in [0.15, 0.2) is 54.7 Å². The van der Waals surface area contributed by atoms with E-state index in [4.69, 9.17) is 9.84 Å². The average molecular weight is 407 g/mol. The topological polar surface area (TPSA) is 47.4 Å². The molecule has 0 aliphatic carbocycles. The molecule has 1 aromatic heterocycles. The van der Waals surface area contributed by atoms with Crippen molar-refractivity contribution in [3.8, 4) is 16.9 Å². The third-order valence-corrected chi connectivity index (χ3v) is 5.67. The smallest absolute Gasteiger partial charge is 0.308 e. The van der Waals surface area contributed by atoms with Crippen molar-refractivity contribution in [1.29, 1.82) is 0 Å². The van der Waals surface area contributed by atoms with Crippen LogP contribution in [0.1, 0.15) is 24.0 Å². The van der Waals surface area contributed by atoms with Crippen LogP contribution in [0.4, 0.5) is 4.39 Å². The van der Waals surface area contributed by atoms with Crippen LogP contribution in [0, 0.1) is 18.7 Å². The van der Waals surface area contributed by atoms with Crippen molar-refractivity contribution in [2.45, 2.75) is 26.3 Å². The molecule has 3 aromatic rings. The Kier molecular flexibility index (Phi) is 5.95. The summed E-state index contributed by atoms with van der Waals surface area (Å²) in [4.78, 5) is 14.1. The van der Waals surface area contributed by atoms with Crippen LogP contribution in [-0.2, 0) is 16.1 Å². The molecular weight excluding hydrogens is 381 g/mol. The highest BCUT2D eigenvalue weighted by Gasteiger charge is 2.26. The van der Waals surface area contributed by atoms with Gasteiger partial charge in [-0.15, -0.1) is 0 Å². The third kappa shape index (κ3) is 4.44. The molecule has 1 aliphatic heterocycles. The molecule has 2 aromatic carbocycles. The van der Waals surface area contributed by atoms with E-state index >= 15 is 0 Å². The van der Waals surface area contributed by atoms with Crippen molar-refractivity contribution in [3.63, 3.8) is 0 Å². The van der Waals surface area contributed by atoms with Crippen molar-refractivity contribution in [3.05, 3.63) is 71.7 Å². The Labute approximate surface area is 176 Å². The van der Waals surface area contributed by atoms with E-state index in [2.05, 4.69) is 11.0 Å². The molecular formula is C24H26FN3O2. The fraction of sp³-hybridized carbons (Fsp3) is 0.333. The molecule has 2 heterocycles. The molecule has 0 unspecified atom stereocenters. The number of carbonyl (C=O) groups is 1. The molecule has 0 bridgehead atoms. The largest absolute Gasteiger partial charge is 0.469 e. The molecule has 1 saturated heterocycles. The quantitative estimate of drug-likeness (QED) is 0.589. The number of aryl methyl sites for hydroxylation is 1. The van der Waals surface area contributed by atoms with E-state index < -0.39 is 0 Å². The lowest BCUT2D eigenvalue weighted by molar-refractivity contribution is -0.147. The monoisotopic (exact) mass is 407 g/mol. The molecule has 30 heavy (non-hydrogen) atoms. The zero-order chi connectivity index (χ0) is 21.1. The highest BCUT2D eigenvalue weighted by Crippen LogP contribution is 2.27. The lowest BCUT2D eigenvalue weighted by atomic mass is 9.96. The van der Waals surface area contributed by atoms with Gasteiger partial charge in [0, 0.05) is 23.9 Å². The van der Waals surface area contributed by atoms with Crippen molar-refractivity contribution in [1.82, 2.24) is 14.7 Å². The minimum atomic E-state index is -0.276. The minimum Gasteiger partial charge on any atom is -0.469 e. The van der Waals surface area contributed by atoms with Crippen molar-refractivity contribution in [2.24, 2.45) is 5.92 Å². The molecule has 1 aliphatic rings. The molecule has 0 N–H and O–H groups in total. The number of hydrogen-bond acceptors (Lipinski definition) is 4. The predicted octanol–water partition coefficient (Wildman–Crippen LogP) is 4.37. The summed E-state index contributed by atoms with van der Waals surface area (Å²) in [5, 5.41) is 4.80. The van der Waals surface area contributed by atoms with Gasteiger partial charge < -0.3 is 4.74 Å². The number of benzene rings is 2. The average Bonchev–Trinajstić information content (AvgIpc) is 3.17. The number of hydrogen-bond donors (Lipinski definition) is 0. The van der Waals surface area contributed by atoms with Gasteiger partial charge in [-0.3, -0.25) is 9.69 Å². The molecule has 156 valence electrons. The molecule has 1 fully saturated rings. The van der Waals surface area contributed by atoms with E-state index in [1.54, 1.807) is 6.07 Å². The number of methoxy groups -OCH3 is 1. The summed E-state index contributed by atoms with van der Waals surface area (Å²) < 4.78 is 20.6. The summed E-state index contributed by atoms with van der Waals surface area (Å²) in [6.45, 7) is 4.38. The lowest BCUT2D eigenvalue weighted by Gasteiger charge is -2.30. The Morgan fingerprint density at radius 3 is 2.63 bits per heavy atom. The number of halogens is 1. The van der Waals surface area contributed by atoms with Crippen molar-refractivity contribution >= 4 is 5.97 Å². The van der Waals surface area contributed by atoms with Gasteiger partial charge in [-0.1, -0.05) is 24.3 Å². The Hall–Kier alpha value is -2.99. The fourth-order valence-electron chi connectivity index (χ4n) is 4.04. The zero-order valence-electron chi connectivity index (χ0n) is 17.3. The van der Waals surface area contributed by atoms with Crippen LogP contribution < -0.4 is 0 Å². The number of ether oxygens (including phenoxy) is 1. The maximum Gasteiger partial charge on any atom is 0.308 e. The summed E-state index contributed by atoms with van der Waals surface area (Å²) >= 11 is 0. The van der Waals surface area contributed by atoms with Gasteiger partial charge >= 0.3 is 5.97 Å². The Morgan fingerprint density at radius 1 is 1.17 bits per heavy atom. The van der Waals surface area contributed by atoms with E-state index in [0.29, 0.717) is 6.54 Å². The second-order valence-corrected chi connectivity index (χ2v) is 7.87. The second-order valence-electron chi connectivity index (χ2n) is 7.87. The second kappa shape index (κ2) is 8.79. The Morgan fingerprint density at radius 2 is 1.93 bits per heavy atom. The standard InChI is InChI=1S/C24H26FN3O2/c1-17-5-3-8-22(13-17)28-16-20(23(26-28)19-6-4-7-21(25)14-19)15-27-11-9-18(10-12-27)24(29)30-2/h3-8,13-14,16,18H,9-12,15H2,1-2H3. The lowest BCUT2D eigenvalue weighted by Crippen LogP contribution is -2.36. The first-order valence-corrected chi connectivity index (χ1v) is 10.2. The van der Waals surface area contributed by atoms with Gasteiger partial charge in [0.2, 0.25) is 0 Å². The number of likely N-dealkylation sites (tertiary alicyclic amines) is 1.